The fourth-order valence-electron chi connectivity index (χ4n) is 1.19. The Morgan fingerprint density at radius 1 is 1.27 bits per heavy atom. The summed E-state index contributed by atoms with van der Waals surface area (Å²) in [4.78, 5) is 11.5. The van der Waals surface area contributed by atoms with Crippen LogP contribution in [-0.4, -0.2) is 15.0 Å². The second-order valence-electron chi connectivity index (χ2n) is 2.67. The van der Waals surface area contributed by atoms with Gasteiger partial charge < -0.3 is 4.98 Å². The predicted octanol–water partition coefficient (Wildman–Crippen LogP) is 1.57. The van der Waals surface area contributed by atoms with Gasteiger partial charge in [-0.2, -0.15) is 0 Å². The Balaban J connectivity index is 2.90. The zero-order chi connectivity index (χ0) is 7.84. The summed E-state index contributed by atoms with van der Waals surface area (Å²) < 4.78 is 0. The average Bonchev–Trinajstić information content (AvgIpc) is 2.31. The van der Waals surface area contributed by atoms with Crippen LogP contribution in [0.2, 0.25) is 0 Å². The highest BCUT2D eigenvalue weighted by molar-refractivity contribution is 5.77. The molecular weight excluding hydrogens is 138 g/mol. The number of nitrogens with one attached hydrogen (secondary N) is 1. The van der Waals surface area contributed by atoms with E-state index in [1.165, 1.54) is 0 Å². The largest absolute Gasteiger partial charge is 0.341 e. The molecule has 0 bridgehead atoms. The van der Waals surface area contributed by atoms with Crippen LogP contribution in [-0.2, 0) is 0 Å². The minimum Gasteiger partial charge on any atom is -0.341 e. The minimum absolute atomic E-state index is 0.941. The fourth-order valence-corrected chi connectivity index (χ4v) is 1.19. The highest BCUT2D eigenvalue weighted by Crippen LogP contribution is 2.12. The number of hydrogen-bond donors (Lipinski definition) is 1. The lowest BCUT2D eigenvalue weighted by molar-refractivity contribution is 1.17. The Morgan fingerprint density at radius 2 is 2.09 bits per heavy atom. The zero-order valence-electron chi connectivity index (χ0n) is 6.55. The molecule has 0 spiro atoms. The predicted molar refractivity (Wildman–Crippen MR) is 43.4 cm³/mol. The summed E-state index contributed by atoms with van der Waals surface area (Å²) in [5.74, 6) is 0.941. The van der Waals surface area contributed by atoms with Crippen LogP contribution in [0.15, 0.2) is 12.4 Å². The first-order valence-corrected chi connectivity index (χ1v) is 3.54. The Labute approximate surface area is 64.5 Å². The minimum atomic E-state index is 0.941. The number of aryl methyl sites for hydroxylation is 2. The number of aromatic amines is 1. The highest BCUT2D eigenvalue weighted by Gasteiger charge is 2.00. The van der Waals surface area contributed by atoms with Gasteiger partial charge in [-0.05, 0) is 19.4 Å². The molecule has 0 amide bonds. The van der Waals surface area contributed by atoms with Crippen LogP contribution >= 0.6 is 0 Å². The fraction of sp³-hybridized carbons (Fsp3) is 0.250. The number of rotatable bonds is 0. The molecule has 0 saturated heterocycles. The van der Waals surface area contributed by atoms with Gasteiger partial charge in [0.1, 0.15) is 5.82 Å². The molecular formula is C8H9N3. The van der Waals surface area contributed by atoms with Crippen molar-refractivity contribution in [2.45, 2.75) is 13.8 Å². The molecule has 0 unspecified atom stereocenters. The van der Waals surface area contributed by atoms with Gasteiger partial charge in [-0.3, -0.25) is 4.98 Å². The smallest absolute Gasteiger partial charge is 0.104 e. The van der Waals surface area contributed by atoms with E-state index in [2.05, 4.69) is 15.0 Å². The van der Waals surface area contributed by atoms with E-state index in [1.54, 1.807) is 6.20 Å². The van der Waals surface area contributed by atoms with E-state index in [1.807, 2.05) is 20.0 Å². The van der Waals surface area contributed by atoms with Crippen molar-refractivity contribution in [2.24, 2.45) is 0 Å². The van der Waals surface area contributed by atoms with Crippen LogP contribution in [0.5, 0.6) is 0 Å². The molecule has 2 rings (SSSR count). The molecule has 0 atom stereocenters. The van der Waals surface area contributed by atoms with Crippen molar-refractivity contribution in [3.05, 3.63) is 23.8 Å². The number of H-pyrrole nitrogens is 1. The van der Waals surface area contributed by atoms with Gasteiger partial charge in [-0.1, -0.05) is 0 Å². The lowest BCUT2D eigenvalue weighted by Crippen LogP contribution is -1.78. The molecule has 3 nitrogen and oxygen atoms in total. The Hall–Kier alpha value is -1.38. The molecule has 0 aromatic carbocycles. The maximum absolute atomic E-state index is 4.32. The normalized spacial score (nSPS) is 10.7. The molecule has 3 heteroatoms. The van der Waals surface area contributed by atoms with Crippen molar-refractivity contribution < 1.29 is 0 Å². The van der Waals surface area contributed by atoms with Crippen LogP contribution in [0.4, 0.5) is 0 Å². The van der Waals surface area contributed by atoms with E-state index in [0.717, 1.165) is 22.4 Å². The van der Waals surface area contributed by atoms with Crippen molar-refractivity contribution in [1.82, 2.24) is 15.0 Å². The van der Waals surface area contributed by atoms with Gasteiger partial charge in [0.2, 0.25) is 0 Å². The number of nitrogens with zero attached hydrogens (tertiary/aromatic N) is 2. The van der Waals surface area contributed by atoms with Crippen molar-refractivity contribution >= 4 is 11.0 Å². The molecule has 2 heterocycles. The third kappa shape index (κ3) is 0.888. The summed E-state index contributed by atoms with van der Waals surface area (Å²) in [6, 6.07) is 0. The lowest BCUT2D eigenvalue weighted by Gasteiger charge is -1.89. The molecule has 56 valence electrons. The maximum Gasteiger partial charge on any atom is 0.104 e. The summed E-state index contributed by atoms with van der Waals surface area (Å²) in [7, 11) is 0. The van der Waals surface area contributed by atoms with E-state index < -0.39 is 0 Å². The summed E-state index contributed by atoms with van der Waals surface area (Å²) in [6.07, 6.45) is 3.62. The van der Waals surface area contributed by atoms with E-state index in [9.17, 15) is 0 Å². The number of hydrogen-bond acceptors (Lipinski definition) is 2. The van der Waals surface area contributed by atoms with Crippen molar-refractivity contribution in [3.63, 3.8) is 0 Å². The number of fused-ring (bicyclic) bond motifs is 1. The number of pyridine rings is 1. The van der Waals surface area contributed by atoms with Gasteiger partial charge in [0, 0.05) is 6.20 Å². The van der Waals surface area contributed by atoms with Gasteiger partial charge in [-0.15, -0.1) is 0 Å². The van der Waals surface area contributed by atoms with Crippen LogP contribution in [0.1, 0.15) is 11.4 Å². The molecule has 0 aliphatic rings. The summed E-state index contributed by atoms with van der Waals surface area (Å²) >= 11 is 0. The van der Waals surface area contributed by atoms with Gasteiger partial charge in [0.15, 0.2) is 0 Å². The SMILES string of the molecule is Cc1nc2c(C)cncc2[nH]1. The first-order valence-electron chi connectivity index (χ1n) is 3.54. The molecule has 2 aromatic heterocycles. The Kier molecular flexibility index (Phi) is 1.18. The first kappa shape index (κ1) is 6.34. The summed E-state index contributed by atoms with van der Waals surface area (Å²) in [6.45, 7) is 3.95. The topological polar surface area (TPSA) is 41.6 Å². The average molecular weight is 147 g/mol. The molecule has 0 saturated carbocycles. The molecule has 0 aliphatic carbocycles. The van der Waals surface area contributed by atoms with Crippen molar-refractivity contribution in [3.8, 4) is 0 Å². The zero-order valence-corrected chi connectivity index (χ0v) is 6.55. The monoisotopic (exact) mass is 147 g/mol. The van der Waals surface area contributed by atoms with Crippen molar-refractivity contribution in [2.75, 3.05) is 0 Å². The van der Waals surface area contributed by atoms with Crippen LogP contribution < -0.4 is 0 Å². The standard InChI is InChI=1S/C8H9N3/c1-5-3-9-4-7-8(5)11-6(2)10-7/h3-4H,1-2H3,(H,10,11). The molecule has 0 fully saturated rings. The summed E-state index contributed by atoms with van der Waals surface area (Å²) in [5, 5.41) is 0. The van der Waals surface area contributed by atoms with E-state index >= 15 is 0 Å². The Morgan fingerprint density at radius 3 is 2.82 bits per heavy atom. The van der Waals surface area contributed by atoms with Crippen LogP contribution in [0.25, 0.3) is 11.0 Å². The molecule has 1 N–H and O–H groups in total. The van der Waals surface area contributed by atoms with E-state index in [-0.39, 0.29) is 0 Å². The number of aromatic nitrogens is 3. The van der Waals surface area contributed by atoms with Gasteiger partial charge in [0.25, 0.3) is 0 Å². The van der Waals surface area contributed by atoms with Crippen molar-refractivity contribution in [1.29, 1.82) is 0 Å². The molecule has 2 aromatic rings. The summed E-state index contributed by atoms with van der Waals surface area (Å²) in [5.41, 5.74) is 3.16. The molecule has 0 aliphatic heterocycles. The van der Waals surface area contributed by atoms with Gasteiger partial charge in [-0.25, -0.2) is 4.98 Å². The van der Waals surface area contributed by atoms with Crippen LogP contribution in [0.3, 0.4) is 0 Å². The maximum atomic E-state index is 4.32. The lowest BCUT2D eigenvalue weighted by atomic mass is 10.3. The number of imidazole rings is 1. The third-order valence-electron chi connectivity index (χ3n) is 1.70. The van der Waals surface area contributed by atoms with Crippen LogP contribution in [0, 0.1) is 13.8 Å². The van der Waals surface area contributed by atoms with E-state index in [0.29, 0.717) is 0 Å². The second kappa shape index (κ2) is 2.05. The quantitative estimate of drug-likeness (QED) is 0.614. The third-order valence-corrected chi connectivity index (χ3v) is 1.70. The first-order chi connectivity index (χ1) is 5.27. The van der Waals surface area contributed by atoms with Gasteiger partial charge in [0.05, 0.1) is 17.2 Å². The van der Waals surface area contributed by atoms with E-state index in [4.69, 9.17) is 0 Å². The Bertz CT molecular complexity index is 389. The molecule has 11 heavy (non-hydrogen) atoms. The van der Waals surface area contributed by atoms with Gasteiger partial charge >= 0.3 is 0 Å². The molecule has 0 radical (unpaired) electrons. The highest BCUT2D eigenvalue weighted by atomic mass is 14.9. The second-order valence-corrected chi connectivity index (χ2v) is 2.67.